The molecule has 0 radical (unpaired) electrons. The summed E-state index contributed by atoms with van der Waals surface area (Å²) >= 11 is 0. The predicted molar refractivity (Wildman–Crippen MR) is 91.4 cm³/mol. The maximum absolute atomic E-state index is 12.9. The fourth-order valence-corrected chi connectivity index (χ4v) is 4.14. The molecular formula is C20H24O5. The SMILES string of the molecule is COC1=C2C(=O)O[C@@]13C[C@@H](C)C=C[C@H]3C=CC(=O)[C@@H](C)C[C@@H](C)C2=O. The van der Waals surface area contributed by atoms with E-state index in [2.05, 4.69) is 0 Å². The summed E-state index contributed by atoms with van der Waals surface area (Å²) in [5, 5.41) is 0. The summed E-state index contributed by atoms with van der Waals surface area (Å²) in [6, 6.07) is 0. The lowest BCUT2D eigenvalue weighted by Crippen LogP contribution is -2.43. The van der Waals surface area contributed by atoms with Crippen LogP contribution in [0.2, 0.25) is 0 Å². The minimum atomic E-state index is -1.05. The number of ketones is 2. The van der Waals surface area contributed by atoms with E-state index in [4.69, 9.17) is 9.47 Å². The van der Waals surface area contributed by atoms with Crippen molar-refractivity contribution >= 4 is 17.5 Å². The second-order valence-corrected chi connectivity index (χ2v) is 7.44. The lowest BCUT2D eigenvalue weighted by atomic mass is 9.73. The Morgan fingerprint density at radius 1 is 1.08 bits per heavy atom. The van der Waals surface area contributed by atoms with Crippen LogP contribution in [0.4, 0.5) is 0 Å². The van der Waals surface area contributed by atoms with Crippen LogP contribution in [-0.2, 0) is 23.9 Å². The molecule has 0 amide bonds. The Morgan fingerprint density at radius 3 is 2.48 bits per heavy atom. The van der Waals surface area contributed by atoms with Crippen LogP contribution in [0.1, 0.15) is 33.6 Å². The number of ether oxygens (including phenoxy) is 2. The van der Waals surface area contributed by atoms with Crippen molar-refractivity contribution in [3.63, 3.8) is 0 Å². The molecule has 0 saturated heterocycles. The molecule has 3 rings (SSSR count). The Labute approximate surface area is 147 Å². The van der Waals surface area contributed by atoms with Gasteiger partial charge < -0.3 is 9.47 Å². The van der Waals surface area contributed by atoms with Crippen LogP contribution < -0.4 is 0 Å². The molecule has 25 heavy (non-hydrogen) atoms. The normalized spacial score (nSPS) is 38.3. The third kappa shape index (κ3) is 2.75. The van der Waals surface area contributed by atoms with E-state index in [1.165, 1.54) is 7.11 Å². The monoisotopic (exact) mass is 344 g/mol. The van der Waals surface area contributed by atoms with Crippen molar-refractivity contribution in [3.8, 4) is 0 Å². The number of carbonyl (C=O) groups is 3. The Balaban J connectivity index is 2.22. The Morgan fingerprint density at radius 2 is 1.80 bits per heavy atom. The third-order valence-corrected chi connectivity index (χ3v) is 5.46. The Hall–Kier alpha value is -2.17. The summed E-state index contributed by atoms with van der Waals surface area (Å²) in [4.78, 5) is 37.9. The summed E-state index contributed by atoms with van der Waals surface area (Å²) in [5.41, 5.74) is -1.04. The van der Waals surface area contributed by atoms with Gasteiger partial charge in [0, 0.05) is 24.2 Å². The van der Waals surface area contributed by atoms with Gasteiger partial charge in [-0.2, -0.15) is 0 Å². The van der Waals surface area contributed by atoms with E-state index < -0.39 is 17.5 Å². The van der Waals surface area contributed by atoms with Crippen LogP contribution in [0.3, 0.4) is 0 Å². The van der Waals surface area contributed by atoms with Crippen LogP contribution in [0.15, 0.2) is 35.6 Å². The van der Waals surface area contributed by atoms with Crippen LogP contribution in [0, 0.1) is 23.7 Å². The van der Waals surface area contributed by atoms with Gasteiger partial charge in [-0.25, -0.2) is 4.79 Å². The van der Waals surface area contributed by atoms with Crippen LogP contribution in [-0.4, -0.2) is 30.2 Å². The second-order valence-electron chi connectivity index (χ2n) is 7.44. The largest absolute Gasteiger partial charge is 0.496 e. The molecule has 1 aliphatic heterocycles. The molecule has 0 N–H and O–H groups in total. The van der Waals surface area contributed by atoms with Crippen molar-refractivity contribution < 1.29 is 23.9 Å². The summed E-state index contributed by atoms with van der Waals surface area (Å²) < 4.78 is 11.3. The van der Waals surface area contributed by atoms with Crippen molar-refractivity contribution in [2.45, 2.75) is 39.2 Å². The van der Waals surface area contributed by atoms with Gasteiger partial charge in [-0.15, -0.1) is 0 Å². The highest BCUT2D eigenvalue weighted by molar-refractivity contribution is 6.20. The van der Waals surface area contributed by atoms with Gasteiger partial charge >= 0.3 is 5.97 Å². The van der Waals surface area contributed by atoms with Crippen molar-refractivity contribution in [1.29, 1.82) is 0 Å². The van der Waals surface area contributed by atoms with Gasteiger partial charge in [0.15, 0.2) is 22.9 Å². The summed E-state index contributed by atoms with van der Waals surface area (Å²) in [6.07, 6.45) is 8.21. The second kappa shape index (κ2) is 6.28. The number of allylic oxidation sites excluding steroid dienone is 2. The number of esters is 1. The molecule has 5 heteroatoms. The molecule has 0 aromatic rings. The standard InChI is InChI=1S/C20H24O5/c1-11-5-6-14-7-8-15(21)12(2)9-13(3)17(22)16-18(24-4)20(14,10-11)25-19(16)23/h5-8,11-14H,9-10H2,1-4H3/t11-,12-,13+,14-,20+/m0/s1. The van der Waals surface area contributed by atoms with E-state index in [0.717, 1.165) is 0 Å². The maximum Gasteiger partial charge on any atom is 0.346 e. The van der Waals surface area contributed by atoms with Crippen LogP contribution >= 0.6 is 0 Å². The maximum atomic E-state index is 12.9. The molecule has 2 aliphatic carbocycles. The molecule has 0 aromatic carbocycles. The lowest BCUT2D eigenvalue weighted by molar-refractivity contribution is -0.153. The smallest absolute Gasteiger partial charge is 0.346 e. The molecule has 0 aromatic heterocycles. The summed E-state index contributed by atoms with van der Waals surface area (Å²) in [5.74, 6) is -1.54. The molecule has 134 valence electrons. The highest BCUT2D eigenvalue weighted by Gasteiger charge is 2.56. The van der Waals surface area contributed by atoms with Gasteiger partial charge in [-0.3, -0.25) is 9.59 Å². The predicted octanol–water partition coefficient (Wildman–Crippen LogP) is 2.77. The molecule has 0 fully saturated rings. The molecule has 1 spiro atoms. The quantitative estimate of drug-likeness (QED) is 0.416. The van der Waals surface area contributed by atoms with Gasteiger partial charge in [-0.1, -0.05) is 39.0 Å². The number of carbonyl (C=O) groups excluding carboxylic acids is 3. The van der Waals surface area contributed by atoms with E-state index in [1.54, 1.807) is 19.1 Å². The van der Waals surface area contributed by atoms with Gasteiger partial charge in [0.2, 0.25) is 0 Å². The number of hydrogen-bond donors (Lipinski definition) is 0. The van der Waals surface area contributed by atoms with Gasteiger partial charge in [-0.05, 0) is 18.4 Å². The van der Waals surface area contributed by atoms with E-state index in [0.29, 0.717) is 18.6 Å². The molecule has 5 atom stereocenters. The van der Waals surface area contributed by atoms with Crippen molar-refractivity contribution in [3.05, 3.63) is 35.6 Å². The Bertz CT molecular complexity index is 714. The average Bonchev–Trinajstić information content (AvgIpc) is 2.83. The highest BCUT2D eigenvalue weighted by atomic mass is 16.6. The van der Waals surface area contributed by atoms with E-state index in [1.807, 2.05) is 26.0 Å². The molecule has 2 bridgehead atoms. The number of hydrogen-bond acceptors (Lipinski definition) is 5. The fourth-order valence-electron chi connectivity index (χ4n) is 4.14. The first kappa shape index (κ1) is 17.6. The summed E-state index contributed by atoms with van der Waals surface area (Å²) in [6.45, 7) is 5.57. The molecule has 0 unspecified atom stereocenters. The zero-order chi connectivity index (χ0) is 18.4. The molecule has 3 aliphatic rings. The first-order chi connectivity index (χ1) is 11.8. The van der Waals surface area contributed by atoms with E-state index >= 15 is 0 Å². The van der Waals surface area contributed by atoms with Gasteiger partial charge in [0.05, 0.1) is 7.11 Å². The minimum absolute atomic E-state index is 0.0115. The molecule has 0 saturated carbocycles. The average molecular weight is 344 g/mol. The summed E-state index contributed by atoms with van der Waals surface area (Å²) in [7, 11) is 1.47. The van der Waals surface area contributed by atoms with Gasteiger partial charge in [0.1, 0.15) is 5.57 Å². The molecular weight excluding hydrogens is 320 g/mol. The topological polar surface area (TPSA) is 69.7 Å². The van der Waals surface area contributed by atoms with Crippen LogP contribution in [0.5, 0.6) is 0 Å². The van der Waals surface area contributed by atoms with Crippen molar-refractivity contribution in [1.82, 2.24) is 0 Å². The Kier molecular flexibility index (Phi) is 4.43. The number of rotatable bonds is 1. The van der Waals surface area contributed by atoms with E-state index in [9.17, 15) is 14.4 Å². The van der Waals surface area contributed by atoms with E-state index in [-0.39, 0.29) is 34.9 Å². The number of methoxy groups -OCH3 is 1. The van der Waals surface area contributed by atoms with Crippen molar-refractivity contribution in [2.24, 2.45) is 23.7 Å². The highest BCUT2D eigenvalue weighted by Crippen LogP contribution is 2.48. The first-order valence-electron chi connectivity index (χ1n) is 8.76. The lowest BCUT2D eigenvalue weighted by Gasteiger charge is -2.38. The zero-order valence-corrected chi connectivity index (χ0v) is 15.1. The van der Waals surface area contributed by atoms with Crippen LogP contribution in [0.25, 0.3) is 0 Å². The fraction of sp³-hybridized carbons (Fsp3) is 0.550. The zero-order valence-electron chi connectivity index (χ0n) is 15.1. The molecule has 1 heterocycles. The molecule has 5 nitrogen and oxygen atoms in total. The third-order valence-electron chi connectivity index (χ3n) is 5.46. The first-order valence-corrected chi connectivity index (χ1v) is 8.76. The number of Topliss-reactive ketones (excluding diaryl/α,β-unsaturated/α-hetero) is 1. The van der Waals surface area contributed by atoms with Crippen molar-refractivity contribution in [2.75, 3.05) is 7.11 Å². The van der Waals surface area contributed by atoms with Gasteiger partial charge in [0.25, 0.3) is 0 Å². The minimum Gasteiger partial charge on any atom is -0.496 e.